The zero-order chi connectivity index (χ0) is 20.4. The molecular weight excluding hydrogens is 398 g/mol. The Morgan fingerprint density at radius 1 is 1.14 bits per heavy atom. The molecule has 8 heteroatoms. The van der Waals surface area contributed by atoms with Gasteiger partial charge in [-0.1, -0.05) is 29.8 Å². The summed E-state index contributed by atoms with van der Waals surface area (Å²) in [7, 11) is 0. The van der Waals surface area contributed by atoms with Gasteiger partial charge >= 0.3 is 5.97 Å². The zero-order valence-electron chi connectivity index (χ0n) is 15.4. The molecule has 2 aromatic carbocycles. The van der Waals surface area contributed by atoms with E-state index in [1.165, 1.54) is 0 Å². The first-order valence-electron chi connectivity index (χ1n) is 9.12. The number of carbonyl (C=O) groups excluding carboxylic acids is 3. The Balaban J connectivity index is 1.31. The zero-order valence-corrected chi connectivity index (χ0v) is 16.2. The van der Waals surface area contributed by atoms with Crippen molar-refractivity contribution in [2.24, 2.45) is 5.92 Å². The fraction of sp³-hybridized carbons (Fsp3) is 0.286. The molecule has 0 radical (unpaired) electrons. The molecule has 1 amide bonds. The maximum absolute atomic E-state index is 12.4. The molecule has 2 aliphatic heterocycles. The summed E-state index contributed by atoms with van der Waals surface area (Å²) in [6.45, 7) is 0.287. The lowest BCUT2D eigenvalue weighted by molar-refractivity contribution is -0.147. The number of rotatable bonds is 6. The molecule has 1 fully saturated rings. The number of nitrogens with zero attached hydrogens (tertiary/aromatic N) is 1. The van der Waals surface area contributed by atoms with Gasteiger partial charge in [0.05, 0.1) is 5.92 Å². The summed E-state index contributed by atoms with van der Waals surface area (Å²) in [6, 6.07) is 12.0. The Morgan fingerprint density at radius 2 is 1.93 bits per heavy atom. The Hall–Kier alpha value is -3.06. The third-order valence-corrected chi connectivity index (χ3v) is 5.28. The summed E-state index contributed by atoms with van der Waals surface area (Å²) in [5.41, 5.74) is 1.18. The first-order chi connectivity index (χ1) is 14.0. The maximum Gasteiger partial charge on any atom is 0.311 e. The van der Waals surface area contributed by atoms with E-state index in [9.17, 15) is 14.4 Å². The molecule has 0 unspecified atom stereocenters. The van der Waals surface area contributed by atoms with E-state index in [0.717, 1.165) is 5.56 Å². The third-order valence-electron chi connectivity index (χ3n) is 4.91. The Bertz CT molecular complexity index is 975. The number of hydrogen-bond acceptors (Lipinski definition) is 6. The SMILES string of the molecule is O=C(COC(=O)[C@H]1CC(=O)N(Cc2ccccc2Cl)C1)c1ccc2c(c1)OCO2. The predicted octanol–water partition coefficient (Wildman–Crippen LogP) is 2.84. The van der Waals surface area contributed by atoms with Crippen molar-refractivity contribution in [1.29, 1.82) is 0 Å². The van der Waals surface area contributed by atoms with E-state index < -0.39 is 18.5 Å². The average molecular weight is 416 g/mol. The van der Waals surface area contributed by atoms with Gasteiger partial charge in [0.1, 0.15) is 0 Å². The molecule has 4 rings (SSSR count). The van der Waals surface area contributed by atoms with Crippen LogP contribution in [-0.4, -0.2) is 42.5 Å². The number of Topliss-reactive ketones (excluding diaryl/α,β-unsaturated/α-hetero) is 1. The van der Waals surface area contributed by atoms with E-state index in [2.05, 4.69) is 0 Å². The molecule has 0 aromatic heterocycles. The van der Waals surface area contributed by atoms with Crippen LogP contribution < -0.4 is 9.47 Å². The molecule has 0 aliphatic carbocycles. The first-order valence-corrected chi connectivity index (χ1v) is 9.49. The van der Waals surface area contributed by atoms with Crippen LogP contribution in [0.2, 0.25) is 5.02 Å². The fourth-order valence-electron chi connectivity index (χ4n) is 3.32. The third kappa shape index (κ3) is 4.19. The van der Waals surface area contributed by atoms with Gasteiger partial charge in [-0.3, -0.25) is 14.4 Å². The monoisotopic (exact) mass is 415 g/mol. The number of carbonyl (C=O) groups is 3. The van der Waals surface area contributed by atoms with Crippen LogP contribution in [0.1, 0.15) is 22.3 Å². The van der Waals surface area contributed by atoms with Crippen molar-refractivity contribution in [3.05, 3.63) is 58.6 Å². The molecule has 2 heterocycles. The van der Waals surface area contributed by atoms with Gasteiger partial charge in [0.25, 0.3) is 0 Å². The smallest absolute Gasteiger partial charge is 0.311 e. The molecule has 2 aromatic rings. The van der Waals surface area contributed by atoms with E-state index >= 15 is 0 Å². The minimum absolute atomic E-state index is 0.0570. The summed E-state index contributed by atoms with van der Waals surface area (Å²) in [5, 5.41) is 0.570. The average Bonchev–Trinajstić information content (AvgIpc) is 3.33. The number of halogens is 1. The number of fused-ring (bicyclic) bond motifs is 1. The molecule has 29 heavy (non-hydrogen) atoms. The topological polar surface area (TPSA) is 82.1 Å². The highest BCUT2D eigenvalue weighted by atomic mass is 35.5. The minimum Gasteiger partial charge on any atom is -0.457 e. The molecule has 0 saturated carbocycles. The first kappa shape index (κ1) is 19.3. The summed E-state index contributed by atoms with van der Waals surface area (Å²) < 4.78 is 15.6. The van der Waals surface area contributed by atoms with Gasteiger partial charge in [0, 0.05) is 30.1 Å². The van der Waals surface area contributed by atoms with Crippen molar-refractivity contribution in [3.8, 4) is 11.5 Å². The van der Waals surface area contributed by atoms with Gasteiger partial charge in [0.15, 0.2) is 23.9 Å². The van der Waals surface area contributed by atoms with Crippen molar-refractivity contribution in [2.75, 3.05) is 19.9 Å². The molecule has 2 aliphatic rings. The summed E-state index contributed by atoms with van der Waals surface area (Å²) in [6.07, 6.45) is 0.0570. The molecule has 150 valence electrons. The van der Waals surface area contributed by atoms with Crippen LogP contribution in [0.5, 0.6) is 11.5 Å². The second-order valence-electron chi connectivity index (χ2n) is 6.87. The van der Waals surface area contributed by atoms with Crippen LogP contribution >= 0.6 is 11.6 Å². The highest BCUT2D eigenvalue weighted by Crippen LogP contribution is 2.32. The Labute approximate surface area is 172 Å². The molecular formula is C21H18ClNO6. The molecule has 0 N–H and O–H groups in total. The predicted molar refractivity (Wildman–Crippen MR) is 103 cm³/mol. The fourth-order valence-corrected chi connectivity index (χ4v) is 3.52. The second kappa shape index (κ2) is 8.13. The number of benzene rings is 2. The number of ketones is 1. The number of esters is 1. The van der Waals surface area contributed by atoms with Crippen LogP contribution in [0, 0.1) is 5.92 Å². The van der Waals surface area contributed by atoms with Gasteiger partial charge in [-0.2, -0.15) is 0 Å². The summed E-state index contributed by atoms with van der Waals surface area (Å²) >= 11 is 6.14. The molecule has 7 nitrogen and oxygen atoms in total. The highest BCUT2D eigenvalue weighted by molar-refractivity contribution is 6.31. The van der Waals surface area contributed by atoms with E-state index in [0.29, 0.717) is 28.6 Å². The number of ether oxygens (including phenoxy) is 3. The highest BCUT2D eigenvalue weighted by Gasteiger charge is 2.35. The van der Waals surface area contributed by atoms with Crippen LogP contribution in [0.3, 0.4) is 0 Å². The van der Waals surface area contributed by atoms with E-state index in [1.54, 1.807) is 29.2 Å². The summed E-state index contributed by atoms with van der Waals surface area (Å²) in [4.78, 5) is 38.5. The normalized spacial score (nSPS) is 17.5. The largest absolute Gasteiger partial charge is 0.457 e. The van der Waals surface area contributed by atoms with Gasteiger partial charge in [0.2, 0.25) is 12.7 Å². The van der Waals surface area contributed by atoms with Crippen LogP contribution in [0.4, 0.5) is 0 Å². The van der Waals surface area contributed by atoms with Crippen molar-refractivity contribution in [3.63, 3.8) is 0 Å². The van der Waals surface area contributed by atoms with E-state index in [4.69, 9.17) is 25.8 Å². The summed E-state index contributed by atoms with van der Waals surface area (Å²) in [5.74, 6) is -0.605. The maximum atomic E-state index is 12.4. The molecule has 0 spiro atoms. The number of amides is 1. The lowest BCUT2D eigenvalue weighted by Crippen LogP contribution is -2.27. The number of hydrogen-bond donors (Lipinski definition) is 0. The van der Waals surface area contributed by atoms with Gasteiger partial charge in [-0.15, -0.1) is 0 Å². The quantitative estimate of drug-likeness (QED) is 0.533. The van der Waals surface area contributed by atoms with Crippen LogP contribution in [-0.2, 0) is 20.9 Å². The van der Waals surface area contributed by atoms with Gasteiger partial charge in [-0.05, 0) is 29.8 Å². The Morgan fingerprint density at radius 3 is 2.76 bits per heavy atom. The number of likely N-dealkylation sites (tertiary alicyclic amines) is 1. The van der Waals surface area contributed by atoms with E-state index in [-0.39, 0.29) is 31.4 Å². The standard InChI is InChI=1S/C21H18ClNO6/c22-16-4-2-1-3-14(16)9-23-10-15(8-20(23)25)21(26)27-11-17(24)13-5-6-18-19(7-13)29-12-28-18/h1-7,15H,8-12H2/t15-/m0/s1. The van der Waals surface area contributed by atoms with Crippen molar-refractivity contribution in [2.45, 2.75) is 13.0 Å². The molecule has 1 saturated heterocycles. The second-order valence-corrected chi connectivity index (χ2v) is 7.27. The Kier molecular flexibility index (Phi) is 5.40. The van der Waals surface area contributed by atoms with Gasteiger partial charge in [-0.25, -0.2) is 0 Å². The lowest BCUT2D eigenvalue weighted by Gasteiger charge is -2.17. The lowest BCUT2D eigenvalue weighted by atomic mass is 10.1. The van der Waals surface area contributed by atoms with E-state index in [1.807, 2.05) is 18.2 Å². The van der Waals surface area contributed by atoms with Crippen molar-refractivity contribution >= 4 is 29.3 Å². The molecule has 1 atom stereocenters. The van der Waals surface area contributed by atoms with Crippen molar-refractivity contribution < 1.29 is 28.6 Å². The van der Waals surface area contributed by atoms with Crippen molar-refractivity contribution in [1.82, 2.24) is 4.90 Å². The van der Waals surface area contributed by atoms with Gasteiger partial charge < -0.3 is 19.1 Å². The molecule has 0 bridgehead atoms. The van der Waals surface area contributed by atoms with Crippen LogP contribution in [0.25, 0.3) is 0 Å². The minimum atomic E-state index is -0.602. The van der Waals surface area contributed by atoms with Crippen LogP contribution in [0.15, 0.2) is 42.5 Å².